The van der Waals surface area contributed by atoms with Crippen molar-refractivity contribution in [3.8, 4) is 17.6 Å². The number of non-ortho nitro benzene ring substituents is 1. The molecule has 25 heavy (non-hydrogen) atoms. The number of ether oxygens (including phenoxy) is 1. The van der Waals surface area contributed by atoms with Crippen molar-refractivity contribution in [2.24, 2.45) is 0 Å². The Hall–Kier alpha value is -3.08. The number of amides is 1. The maximum Gasteiger partial charge on any atom is 0.274 e. The van der Waals surface area contributed by atoms with Crippen LogP contribution in [-0.2, 0) is 4.79 Å². The van der Waals surface area contributed by atoms with E-state index in [9.17, 15) is 25.3 Å². The number of nitro benzene ring substituents is 1. The van der Waals surface area contributed by atoms with Gasteiger partial charge in [-0.1, -0.05) is 12.8 Å². The lowest BCUT2D eigenvalue weighted by Crippen LogP contribution is -2.33. The first-order chi connectivity index (χ1) is 12.0. The average Bonchev–Trinajstić information content (AvgIpc) is 3.08. The van der Waals surface area contributed by atoms with Gasteiger partial charge in [-0.3, -0.25) is 14.9 Å². The minimum atomic E-state index is -0.635. The summed E-state index contributed by atoms with van der Waals surface area (Å²) in [5.74, 6) is -0.983. The lowest BCUT2D eigenvalue weighted by molar-refractivity contribution is -0.385. The predicted octanol–water partition coefficient (Wildman–Crippen LogP) is 2.66. The van der Waals surface area contributed by atoms with Crippen molar-refractivity contribution < 1.29 is 19.6 Å². The van der Waals surface area contributed by atoms with Crippen molar-refractivity contribution in [2.75, 3.05) is 6.61 Å². The molecule has 1 saturated carbocycles. The minimum absolute atomic E-state index is 0.0178. The van der Waals surface area contributed by atoms with Crippen LogP contribution in [0.3, 0.4) is 0 Å². The summed E-state index contributed by atoms with van der Waals surface area (Å²) in [5, 5.41) is 33.3. The number of benzene rings is 1. The molecule has 0 unspecified atom stereocenters. The summed E-state index contributed by atoms with van der Waals surface area (Å²) < 4.78 is 5.18. The van der Waals surface area contributed by atoms with Crippen LogP contribution in [0, 0.1) is 21.4 Å². The first-order valence-electron chi connectivity index (χ1n) is 8.03. The molecule has 0 aliphatic heterocycles. The maximum atomic E-state index is 12.2. The molecule has 1 aromatic rings. The Balaban J connectivity index is 2.36. The zero-order valence-corrected chi connectivity index (χ0v) is 13.8. The molecule has 1 aromatic carbocycles. The fourth-order valence-electron chi connectivity index (χ4n) is 2.73. The van der Waals surface area contributed by atoms with Gasteiger partial charge in [-0.25, -0.2) is 0 Å². The Bertz CT molecular complexity index is 745. The minimum Gasteiger partial charge on any atom is -0.504 e. The molecule has 8 nitrogen and oxygen atoms in total. The third kappa shape index (κ3) is 4.47. The number of rotatable bonds is 6. The van der Waals surface area contributed by atoms with Crippen molar-refractivity contribution >= 4 is 17.7 Å². The van der Waals surface area contributed by atoms with E-state index in [1.165, 1.54) is 0 Å². The molecule has 0 heterocycles. The number of carbonyl (C=O) groups is 1. The summed E-state index contributed by atoms with van der Waals surface area (Å²) >= 11 is 0. The Morgan fingerprint density at radius 3 is 2.76 bits per heavy atom. The molecule has 1 aliphatic rings. The van der Waals surface area contributed by atoms with Crippen molar-refractivity contribution in [2.45, 2.75) is 38.6 Å². The second-order valence-electron chi connectivity index (χ2n) is 5.70. The van der Waals surface area contributed by atoms with Gasteiger partial charge in [0.2, 0.25) is 0 Å². The molecular weight excluding hydrogens is 326 g/mol. The third-order valence-electron chi connectivity index (χ3n) is 3.96. The molecule has 0 spiro atoms. The Labute approximate surface area is 144 Å². The fourth-order valence-corrected chi connectivity index (χ4v) is 2.73. The van der Waals surface area contributed by atoms with Crippen LogP contribution in [0.5, 0.6) is 11.5 Å². The van der Waals surface area contributed by atoms with E-state index in [1.807, 2.05) is 0 Å². The van der Waals surface area contributed by atoms with Gasteiger partial charge in [-0.2, -0.15) is 5.26 Å². The molecule has 1 amide bonds. The maximum absolute atomic E-state index is 12.2. The van der Waals surface area contributed by atoms with Crippen LogP contribution >= 0.6 is 0 Å². The van der Waals surface area contributed by atoms with Crippen LogP contribution in [0.25, 0.3) is 6.08 Å². The van der Waals surface area contributed by atoms with Crippen LogP contribution < -0.4 is 10.1 Å². The van der Waals surface area contributed by atoms with E-state index in [-0.39, 0.29) is 41.0 Å². The van der Waals surface area contributed by atoms with Gasteiger partial charge >= 0.3 is 0 Å². The summed E-state index contributed by atoms with van der Waals surface area (Å²) in [4.78, 5) is 22.6. The highest BCUT2D eigenvalue weighted by molar-refractivity contribution is 6.02. The van der Waals surface area contributed by atoms with Gasteiger partial charge in [0.25, 0.3) is 11.6 Å². The second kappa shape index (κ2) is 8.15. The molecule has 0 bridgehead atoms. The molecule has 1 aliphatic carbocycles. The number of nitrogens with zero attached hydrogens (tertiary/aromatic N) is 2. The van der Waals surface area contributed by atoms with E-state index >= 15 is 0 Å². The van der Waals surface area contributed by atoms with Gasteiger partial charge in [0.15, 0.2) is 11.5 Å². The van der Waals surface area contributed by atoms with Crippen molar-refractivity contribution in [1.29, 1.82) is 5.26 Å². The van der Waals surface area contributed by atoms with E-state index in [0.29, 0.717) is 0 Å². The number of nitro groups is 1. The molecule has 0 atom stereocenters. The van der Waals surface area contributed by atoms with E-state index in [2.05, 4.69) is 5.32 Å². The Kier molecular flexibility index (Phi) is 5.95. The van der Waals surface area contributed by atoms with Gasteiger partial charge in [-0.15, -0.1) is 0 Å². The number of aromatic hydroxyl groups is 1. The molecule has 2 N–H and O–H groups in total. The van der Waals surface area contributed by atoms with Crippen molar-refractivity contribution in [3.63, 3.8) is 0 Å². The predicted molar refractivity (Wildman–Crippen MR) is 89.9 cm³/mol. The number of phenolic OH excluding ortho intramolecular Hbond substituents is 1. The molecule has 132 valence electrons. The second-order valence-corrected chi connectivity index (χ2v) is 5.70. The number of hydrogen-bond acceptors (Lipinski definition) is 6. The van der Waals surface area contributed by atoms with Gasteiger partial charge in [0.05, 0.1) is 17.6 Å². The van der Waals surface area contributed by atoms with E-state index in [1.54, 1.807) is 13.0 Å². The van der Waals surface area contributed by atoms with Crippen LogP contribution in [0.15, 0.2) is 17.7 Å². The summed E-state index contributed by atoms with van der Waals surface area (Å²) in [5.41, 5.74) is -0.554. The summed E-state index contributed by atoms with van der Waals surface area (Å²) in [7, 11) is 0. The van der Waals surface area contributed by atoms with E-state index in [0.717, 1.165) is 43.9 Å². The number of phenols is 1. The van der Waals surface area contributed by atoms with E-state index < -0.39 is 10.8 Å². The van der Waals surface area contributed by atoms with Gasteiger partial charge in [0, 0.05) is 17.7 Å². The Morgan fingerprint density at radius 1 is 1.52 bits per heavy atom. The van der Waals surface area contributed by atoms with Gasteiger partial charge in [0.1, 0.15) is 11.6 Å². The smallest absolute Gasteiger partial charge is 0.274 e. The molecule has 8 heteroatoms. The fraction of sp³-hybridized carbons (Fsp3) is 0.412. The van der Waals surface area contributed by atoms with Gasteiger partial charge < -0.3 is 15.2 Å². The zero-order valence-electron chi connectivity index (χ0n) is 13.8. The summed E-state index contributed by atoms with van der Waals surface area (Å²) in [6.07, 6.45) is 4.91. The Morgan fingerprint density at radius 2 is 2.20 bits per heavy atom. The number of nitrogens with one attached hydrogen (secondary N) is 1. The lowest BCUT2D eigenvalue weighted by Gasteiger charge is -2.12. The molecule has 1 fully saturated rings. The quantitative estimate of drug-likeness (QED) is 0.353. The van der Waals surface area contributed by atoms with Gasteiger partial charge in [-0.05, 0) is 25.8 Å². The first kappa shape index (κ1) is 18.3. The zero-order chi connectivity index (χ0) is 18.4. The summed E-state index contributed by atoms with van der Waals surface area (Å²) in [6, 6.07) is 4.00. The number of hydrogen-bond donors (Lipinski definition) is 2. The molecule has 2 rings (SSSR count). The van der Waals surface area contributed by atoms with Crippen LogP contribution in [0.2, 0.25) is 0 Å². The SMILES string of the molecule is CCOc1cc([N+](=O)[O-])cc(/C=C(/C#N)C(=O)NC2CCCC2)c1O. The monoisotopic (exact) mass is 345 g/mol. The third-order valence-corrected chi connectivity index (χ3v) is 3.96. The van der Waals surface area contributed by atoms with Crippen molar-refractivity contribution in [1.82, 2.24) is 5.32 Å². The molecule has 0 aromatic heterocycles. The lowest BCUT2D eigenvalue weighted by atomic mass is 10.1. The first-order valence-corrected chi connectivity index (χ1v) is 8.03. The van der Waals surface area contributed by atoms with Crippen LogP contribution in [-0.4, -0.2) is 28.6 Å². The van der Waals surface area contributed by atoms with E-state index in [4.69, 9.17) is 4.74 Å². The molecular formula is C17H19N3O5. The largest absolute Gasteiger partial charge is 0.504 e. The highest BCUT2D eigenvalue weighted by Gasteiger charge is 2.21. The standard InChI is InChI=1S/C17H19N3O5/c1-2-25-15-9-14(20(23)24)8-11(16(15)21)7-12(10-18)17(22)19-13-5-3-4-6-13/h7-9,13,21H,2-6H2,1H3,(H,19,22)/b12-7-. The van der Waals surface area contributed by atoms with Crippen LogP contribution in [0.4, 0.5) is 5.69 Å². The number of nitriles is 1. The molecule has 0 radical (unpaired) electrons. The highest BCUT2D eigenvalue weighted by atomic mass is 16.6. The topological polar surface area (TPSA) is 125 Å². The number of carbonyl (C=O) groups excluding carboxylic acids is 1. The van der Waals surface area contributed by atoms with Crippen LogP contribution in [0.1, 0.15) is 38.2 Å². The highest BCUT2D eigenvalue weighted by Crippen LogP contribution is 2.36. The molecule has 0 saturated heterocycles. The normalized spacial score (nSPS) is 14.8. The summed E-state index contributed by atoms with van der Waals surface area (Å²) in [6.45, 7) is 1.87. The average molecular weight is 345 g/mol. The van der Waals surface area contributed by atoms with Crippen molar-refractivity contribution in [3.05, 3.63) is 33.4 Å².